The number of alkyl halides is 3. The maximum absolute atomic E-state index is 14.2. The lowest BCUT2D eigenvalue weighted by molar-refractivity contribution is -0.136. The van der Waals surface area contributed by atoms with Crippen molar-refractivity contribution in [3.05, 3.63) is 80.4 Å². The Bertz CT molecular complexity index is 1500. The summed E-state index contributed by atoms with van der Waals surface area (Å²) in [6.45, 7) is 1.81. The molecule has 6 rings (SSSR count). The summed E-state index contributed by atoms with van der Waals surface area (Å²) in [4.78, 5) is 15.7. The van der Waals surface area contributed by atoms with Crippen molar-refractivity contribution in [2.45, 2.75) is 56.8 Å². The molecule has 0 amide bonds. The van der Waals surface area contributed by atoms with Crippen molar-refractivity contribution in [3.63, 3.8) is 0 Å². The molecule has 0 bridgehead atoms. The molecule has 1 saturated heterocycles. The second-order valence-corrected chi connectivity index (χ2v) is 11.4. The summed E-state index contributed by atoms with van der Waals surface area (Å²) in [5, 5.41) is 9.25. The minimum absolute atomic E-state index is 0.0542. The van der Waals surface area contributed by atoms with Crippen LogP contribution in [0.2, 0.25) is 0 Å². The van der Waals surface area contributed by atoms with Gasteiger partial charge in [0, 0.05) is 45.1 Å². The fourth-order valence-corrected chi connectivity index (χ4v) is 6.65. The van der Waals surface area contributed by atoms with Crippen molar-refractivity contribution in [1.29, 1.82) is 0 Å². The number of nitrogens with zero attached hydrogens (tertiary/aromatic N) is 5. The number of hydrogen-bond donors (Lipinski definition) is 0. The lowest BCUT2D eigenvalue weighted by atomic mass is 9.73. The fourth-order valence-electron chi connectivity index (χ4n) is 5.88. The third-order valence-corrected chi connectivity index (χ3v) is 8.95. The van der Waals surface area contributed by atoms with Gasteiger partial charge in [0.2, 0.25) is 0 Å². The summed E-state index contributed by atoms with van der Waals surface area (Å²) in [5.74, 6) is 0.491. The van der Waals surface area contributed by atoms with E-state index >= 15 is 0 Å². The first-order valence-electron chi connectivity index (χ1n) is 13.3. The zero-order chi connectivity index (χ0) is 27.1. The van der Waals surface area contributed by atoms with Crippen molar-refractivity contribution in [3.8, 4) is 5.69 Å². The van der Waals surface area contributed by atoms with E-state index in [1.54, 1.807) is 24.9 Å². The molecule has 1 aromatic carbocycles. The van der Waals surface area contributed by atoms with Gasteiger partial charge in [0.25, 0.3) is 0 Å². The van der Waals surface area contributed by atoms with Crippen LogP contribution in [-0.4, -0.2) is 50.4 Å². The van der Waals surface area contributed by atoms with E-state index in [9.17, 15) is 18.0 Å². The van der Waals surface area contributed by atoms with E-state index in [0.717, 1.165) is 60.2 Å². The van der Waals surface area contributed by atoms with Gasteiger partial charge in [-0.1, -0.05) is 18.6 Å². The summed E-state index contributed by atoms with van der Waals surface area (Å²) in [6, 6.07) is 8.70. The third-order valence-electron chi connectivity index (χ3n) is 8.17. The Morgan fingerprint density at radius 1 is 1.13 bits per heavy atom. The van der Waals surface area contributed by atoms with Crippen molar-refractivity contribution in [2.24, 2.45) is 5.92 Å². The number of halogens is 3. The van der Waals surface area contributed by atoms with Crippen molar-refractivity contribution < 1.29 is 17.9 Å². The van der Waals surface area contributed by atoms with Gasteiger partial charge in [0.05, 0.1) is 22.9 Å². The van der Waals surface area contributed by atoms with Crippen LogP contribution < -0.4 is 5.69 Å². The van der Waals surface area contributed by atoms with Gasteiger partial charge in [-0.15, -0.1) is 21.5 Å². The number of hydrogen-bond acceptors (Lipinski definition) is 6. The fraction of sp³-hybridized carbons (Fsp3) is 0.464. The van der Waals surface area contributed by atoms with Crippen LogP contribution in [0.1, 0.15) is 59.7 Å². The molecular weight excluding hydrogens is 527 g/mol. The van der Waals surface area contributed by atoms with Gasteiger partial charge >= 0.3 is 11.9 Å². The number of pyridine rings is 1. The average molecular weight is 558 g/mol. The molecule has 0 unspecified atom stereocenters. The second-order valence-electron chi connectivity index (χ2n) is 10.5. The molecule has 0 spiro atoms. The van der Waals surface area contributed by atoms with Gasteiger partial charge in [0.15, 0.2) is 0 Å². The van der Waals surface area contributed by atoms with E-state index in [2.05, 4.69) is 15.1 Å². The standard InChI is InChI=1S/C28H30F3N5O2S/c1-38-22-8-10-34(11-9-22)14-18-12-23(28(29,30)31)24-16-35(27(37)36(24)15-18)21-7-3-6-20(13-21)25(19-4-2-5-19)26-33-32-17-39-26/h3,6-7,12-13,15-17,19,22,25H,2,4-5,8-11,14H2,1H3/t25-/m1/s1. The Morgan fingerprint density at radius 3 is 2.56 bits per heavy atom. The van der Waals surface area contributed by atoms with Crippen LogP contribution in [0, 0.1) is 5.92 Å². The maximum atomic E-state index is 14.2. The number of likely N-dealkylation sites (tertiary alicyclic amines) is 1. The summed E-state index contributed by atoms with van der Waals surface area (Å²) in [5.41, 5.74) is 2.22. The van der Waals surface area contributed by atoms with Crippen molar-refractivity contribution in [2.75, 3.05) is 20.2 Å². The zero-order valence-electron chi connectivity index (χ0n) is 21.6. The molecule has 1 aliphatic heterocycles. The lowest BCUT2D eigenvalue weighted by Crippen LogP contribution is -2.36. The predicted molar refractivity (Wildman–Crippen MR) is 142 cm³/mol. The molecular formula is C28H30F3N5O2S. The highest BCUT2D eigenvalue weighted by Crippen LogP contribution is 2.44. The van der Waals surface area contributed by atoms with Crippen LogP contribution in [0.25, 0.3) is 11.2 Å². The normalized spacial score (nSPS) is 18.5. The van der Waals surface area contributed by atoms with Crippen LogP contribution in [0.3, 0.4) is 0 Å². The summed E-state index contributed by atoms with van der Waals surface area (Å²) in [7, 11) is 1.68. The first kappa shape index (κ1) is 26.2. The topological polar surface area (TPSA) is 64.7 Å². The SMILES string of the molecule is COC1CCN(Cc2cc(C(F)(F)F)c3cn(-c4cccc([C@H](c5nncs5)C5CCC5)c4)c(=O)n3c2)CC1. The number of aromatic nitrogens is 4. The predicted octanol–water partition coefficient (Wildman–Crippen LogP) is 5.50. The number of fused-ring (bicyclic) bond motifs is 1. The molecule has 11 heteroatoms. The van der Waals surface area contributed by atoms with Gasteiger partial charge < -0.3 is 4.74 Å². The molecule has 4 aromatic rings. The number of benzene rings is 1. The van der Waals surface area contributed by atoms with E-state index < -0.39 is 17.4 Å². The van der Waals surface area contributed by atoms with E-state index in [1.807, 2.05) is 18.2 Å². The highest BCUT2D eigenvalue weighted by atomic mass is 32.1. The monoisotopic (exact) mass is 557 g/mol. The molecule has 3 aromatic heterocycles. The number of rotatable bonds is 7. The third kappa shape index (κ3) is 5.15. The first-order chi connectivity index (χ1) is 18.8. The molecule has 1 aliphatic carbocycles. The molecule has 2 fully saturated rings. The van der Waals surface area contributed by atoms with Crippen LogP contribution in [0.15, 0.2) is 53.0 Å². The zero-order valence-corrected chi connectivity index (χ0v) is 22.4. The van der Waals surface area contributed by atoms with Crippen LogP contribution in [0.4, 0.5) is 13.2 Å². The van der Waals surface area contributed by atoms with Crippen LogP contribution >= 0.6 is 11.3 Å². The Hall–Kier alpha value is -3.02. The highest BCUT2D eigenvalue weighted by molar-refractivity contribution is 7.09. The number of piperidine rings is 1. The molecule has 206 valence electrons. The molecule has 1 saturated carbocycles. The Labute approximate surface area is 227 Å². The van der Waals surface area contributed by atoms with Crippen molar-refractivity contribution in [1.82, 2.24) is 24.1 Å². The van der Waals surface area contributed by atoms with Crippen LogP contribution in [-0.2, 0) is 17.5 Å². The van der Waals surface area contributed by atoms with E-state index in [4.69, 9.17) is 4.74 Å². The van der Waals surface area contributed by atoms with Gasteiger partial charge in [-0.25, -0.2) is 4.79 Å². The van der Waals surface area contributed by atoms with E-state index in [1.165, 1.54) is 28.2 Å². The summed E-state index contributed by atoms with van der Waals surface area (Å²) < 4.78 is 50.5. The number of imidazole rings is 1. The van der Waals surface area contributed by atoms with Crippen LogP contribution in [0.5, 0.6) is 0 Å². The minimum Gasteiger partial charge on any atom is -0.381 e. The number of ether oxygens (including phenoxy) is 1. The molecule has 1 atom stereocenters. The maximum Gasteiger partial charge on any atom is 0.418 e. The quantitative estimate of drug-likeness (QED) is 0.300. The highest BCUT2D eigenvalue weighted by Gasteiger charge is 2.35. The number of methoxy groups -OCH3 is 1. The molecule has 39 heavy (non-hydrogen) atoms. The molecule has 4 heterocycles. The molecule has 0 N–H and O–H groups in total. The van der Waals surface area contributed by atoms with Gasteiger partial charge in [-0.05, 0) is 60.9 Å². The average Bonchev–Trinajstić information content (AvgIpc) is 3.54. The Kier molecular flexibility index (Phi) is 7.07. The van der Waals surface area contributed by atoms with Gasteiger partial charge in [-0.3, -0.25) is 13.9 Å². The van der Waals surface area contributed by atoms with E-state index in [-0.39, 0.29) is 17.5 Å². The molecule has 0 radical (unpaired) electrons. The Balaban J connectivity index is 1.38. The Morgan fingerprint density at radius 2 is 1.92 bits per heavy atom. The summed E-state index contributed by atoms with van der Waals surface area (Å²) >= 11 is 1.50. The smallest absolute Gasteiger partial charge is 0.381 e. The first-order valence-corrected chi connectivity index (χ1v) is 14.1. The summed E-state index contributed by atoms with van der Waals surface area (Å²) in [6.07, 6.45) is 3.44. The van der Waals surface area contributed by atoms with Gasteiger partial charge in [-0.2, -0.15) is 13.2 Å². The van der Waals surface area contributed by atoms with Gasteiger partial charge in [0.1, 0.15) is 10.5 Å². The van der Waals surface area contributed by atoms with Crippen molar-refractivity contribution >= 4 is 16.9 Å². The largest absolute Gasteiger partial charge is 0.418 e. The minimum atomic E-state index is -4.60. The lowest BCUT2D eigenvalue weighted by Gasteiger charge is -2.32. The second kappa shape index (κ2) is 10.5. The van der Waals surface area contributed by atoms with E-state index in [0.29, 0.717) is 23.7 Å². The molecule has 2 aliphatic rings. The molecule has 7 nitrogen and oxygen atoms in total.